The van der Waals surface area contributed by atoms with Gasteiger partial charge in [0.15, 0.2) is 3.23 Å². The minimum Gasteiger partial charge on any atom is -0.481 e. The van der Waals surface area contributed by atoms with Crippen LogP contribution in [-0.2, 0) is 19.4 Å². The van der Waals surface area contributed by atoms with Crippen molar-refractivity contribution in [2.24, 2.45) is 0 Å². The second-order valence-electron chi connectivity index (χ2n) is 8.17. The summed E-state index contributed by atoms with van der Waals surface area (Å²) in [7, 11) is 1.71. The SMILES string of the molecule is CCCC(CC(=O)O)n1c(=O)n(Cc2cc(Br)cc3c2N(C)C(=O)C3(Br)Br)c2ccccc21. The number of carboxylic acids is 1. The first-order chi connectivity index (χ1) is 15.6. The van der Waals surface area contributed by atoms with E-state index in [1.807, 2.05) is 43.3 Å². The number of aliphatic carboxylic acids is 1. The molecule has 7 nitrogen and oxygen atoms in total. The molecule has 2 heterocycles. The number of alkyl halides is 2. The van der Waals surface area contributed by atoms with E-state index < -0.39 is 15.2 Å². The first-order valence-corrected chi connectivity index (χ1v) is 12.9. The van der Waals surface area contributed by atoms with Gasteiger partial charge in [-0.05, 0) is 36.2 Å². The third-order valence-corrected chi connectivity index (χ3v) is 7.99. The summed E-state index contributed by atoms with van der Waals surface area (Å²) < 4.78 is 3.02. The smallest absolute Gasteiger partial charge is 0.329 e. The predicted molar refractivity (Wildman–Crippen MR) is 139 cm³/mol. The van der Waals surface area contributed by atoms with E-state index in [-0.39, 0.29) is 24.6 Å². The average molecular weight is 644 g/mol. The number of nitrogens with zero attached hydrogens (tertiary/aromatic N) is 3. The van der Waals surface area contributed by atoms with Crippen LogP contribution in [-0.4, -0.2) is 33.2 Å². The molecule has 0 saturated heterocycles. The third kappa shape index (κ3) is 4.10. The number of aromatic nitrogens is 2. The zero-order valence-corrected chi connectivity index (χ0v) is 22.8. The Hall–Kier alpha value is -1.91. The number of anilines is 1. The number of halogens is 3. The Morgan fingerprint density at radius 2 is 1.82 bits per heavy atom. The van der Waals surface area contributed by atoms with Crippen LogP contribution in [0.1, 0.15) is 43.4 Å². The highest BCUT2D eigenvalue weighted by Gasteiger charge is 2.47. The van der Waals surface area contributed by atoms with E-state index in [2.05, 4.69) is 47.8 Å². The lowest BCUT2D eigenvalue weighted by molar-refractivity contribution is -0.138. The molecule has 1 amide bonds. The number of hydrogen-bond acceptors (Lipinski definition) is 3. The predicted octanol–water partition coefficient (Wildman–Crippen LogP) is 5.35. The molecule has 0 saturated carbocycles. The molecule has 1 aromatic heterocycles. The zero-order chi connectivity index (χ0) is 24.1. The molecule has 33 heavy (non-hydrogen) atoms. The van der Waals surface area contributed by atoms with Gasteiger partial charge in [0.05, 0.1) is 29.7 Å². The van der Waals surface area contributed by atoms with Gasteiger partial charge in [-0.25, -0.2) is 4.79 Å². The molecule has 1 aliphatic heterocycles. The van der Waals surface area contributed by atoms with Crippen LogP contribution < -0.4 is 10.6 Å². The lowest BCUT2D eigenvalue weighted by atomic mass is 10.1. The second kappa shape index (κ2) is 9.03. The molecule has 1 N–H and O–H groups in total. The van der Waals surface area contributed by atoms with Gasteiger partial charge < -0.3 is 10.0 Å². The monoisotopic (exact) mass is 641 g/mol. The molecular formula is C23H22Br3N3O4. The van der Waals surface area contributed by atoms with Gasteiger partial charge in [0.25, 0.3) is 5.91 Å². The molecule has 0 aliphatic carbocycles. The summed E-state index contributed by atoms with van der Waals surface area (Å²) in [5.74, 6) is -1.09. The summed E-state index contributed by atoms with van der Waals surface area (Å²) in [4.78, 5) is 39.6. The fourth-order valence-electron chi connectivity index (χ4n) is 4.60. The van der Waals surface area contributed by atoms with Crippen molar-refractivity contribution in [2.75, 3.05) is 11.9 Å². The fourth-order valence-corrected chi connectivity index (χ4v) is 6.25. The van der Waals surface area contributed by atoms with Gasteiger partial charge in [0.1, 0.15) is 0 Å². The highest BCUT2D eigenvalue weighted by molar-refractivity contribution is 9.25. The molecule has 0 bridgehead atoms. The first kappa shape index (κ1) is 24.2. The Labute approximate surface area is 215 Å². The highest BCUT2D eigenvalue weighted by atomic mass is 79.9. The van der Waals surface area contributed by atoms with E-state index in [1.54, 1.807) is 21.1 Å². The van der Waals surface area contributed by atoms with E-state index in [1.165, 1.54) is 0 Å². The maximum atomic E-state index is 13.7. The molecule has 1 unspecified atom stereocenters. The summed E-state index contributed by atoms with van der Waals surface area (Å²) in [5.41, 5.74) is 3.45. The van der Waals surface area contributed by atoms with E-state index in [4.69, 9.17) is 0 Å². The van der Waals surface area contributed by atoms with Crippen molar-refractivity contribution < 1.29 is 14.7 Å². The quantitative estimate of drug-likeness (QED) is 0.352. The summed E-state index contributed by atoms with van der Waals surface area (Å²) in [6, 6.07) is 10.8. The number of fused-ring (bicyclic) bond motifs is 2. The Morgan fingerprint density at radius 3 is 2.45 bits per heavy atom. The molecule has 2 aromatic carbocycles. The fraction of sp³-hybridized carbons (Fsp3) is 0.348. The maximum absolute atomic E-state index is 13.7. The Kier molecular flexibility index (Phi) is 6.63. The number of amides is 1. The average Bonchev–Trinajstić information content (AvgIpc) is 3.11. The molecule has 0 radical (unpaired) electrons. The number of carboxylic acid groups (broad SMARTS) is 1. The van der Waals surface area contributed by atoms with Gasteiger partial charge in [-0.1, -0.05) is 73.3 Å². The second-order valence-corrected chi connectivity index (χ2v) is 12.5. The van der Waals surface area contributed by atoms with E-state index >= 15 is 0 Å². The summed E-state index contributed by atoms with van der Waals surface area (Å²) in [5, 5.41) is 9.44. The summed E-state index contributed by atoms with van der Waals surface area (Å²) in [6.45, 7) is 2.21. The molecular weight excluding hydrogens is 622 g/mol. The molecule has 10 heteroatoms. The van der Waals surface area contributed by atoms with Gasteiger partial charge in [-0.2, -0.15) is 0 Å². The van der Waals surface area contributed by atoms with E-state index in [0.717, 1.165) is 33.2 Å². The van der Waals surface area contributed by atoms with E-state index in [9.17, 15) is 19.5 Å². The van der Waals surface area contributed by atoms with Crippen molar-refractivity contribution in [1.82, 2.24) is 9.13 Å². The van der Waals surface area contributed by atoms with Crippen LogP contribution in [0, 0.1) is 0 Å². The van der Waals surface area contributed by atoms with Crippen molar-refractivity contribution in [3.8, 4) is 0 Å². The molecule has 174 valence electrons. The van der Waals surface area contributed by atoms with Gasteiger partial charge in [0.2, 0.25) is 0 Å². The zero-order valence-electron chi connectivity index (χ0n) is 18.0. The number of rotatable bonds is 7. The Bertz CT molecular complexity index is 1330. The molecule has 0 spiro atoms. The maximum Gasteiger partial charge on any atom is 0.329 e. The number of benzene rings is 2. The number of hydrogen-bond donors (Lipinski definition) is 1. The van der Waals surface area contributed by atoms with Gasteiger partial charge >= 0.3 is 11.7 Å². The van der Waals surface area contributed by atoms with Crippen LogP contribution in [0.25, 0.3) is 11.0 Å². The number of para-hydroxylation sites is 2. The number of imidazole rings is 1. The normalized spacial score (nSPS) is 15.8. The highest BCUT2D eigenvalue weighted by Crippen LogP contribution is 2.52. The van der Waals surface area contributed by atoms with Gasteiger partial charge in [-0.3, -0.25) is 18.7 Å². The topological polar surface area (TPSA) is 84.5 Å². The number of carbonyl (C=O) groups excluding carboxylic acids is 1. The lowest BCUT2D eigenvalue weighted by Crippen LogP contribution is -2.30. The summed E-state index contributed by atoms with van der Waals surface area (Å²) in [6.07, 6.45) is 1.22. The van der Waals surface area contributed by atoms with Crippen molar-refractivity contribution in [3.05, 3.63) is 62.5 Å². The van der Waals surface area contributed by atoms with Crippen molar-refractivity contribution >= 4 is 76.4 Å². The molecule has 4 rings (SSSR count). The number of carbonyl (C=O) groups is 2. The standard InChI is InChI=1S/C23H22Br3N3O4/c1-3-6-15(11-19(30)31)29-18-8-5-4-7-17(18)28(22(29)33)12-13-9-14(24)10-16-20(13)27(2)21(32)23(16,25)26/h4-5,7-10,15H,3,6,11-12H2,1-2H3,(H,30,31). The van der Waals surface area contributed by atoms with Crippen molar-refractivity contribution in [1.29, 1.82) is 0 Å². The van der Waals surface area contributed by atoms with Gasteiger partial charge in [0, 0.05) is 23.1 Å². The van der Waals surface area contributed by atoms with Gasteiger partial charge in [-0.15, -0.1) is 0 Å². The van der Waals surface area contributed by atoms with Crippen molar-refractivity contribution in [2.45, 2.75) is 42.0 Å². The van der Waals surface area contributed by atoms with E-state index in [0.29, 0.717) is 11.9 Å². The molecule has 1 aliphatic rings. The minimum absolute atomic E-state index is 0.124. The van der Waals surface area contributed by atoms with Crippen LogP contribution in [0.15, 0.2) is 45.7 Å². The minimum atomic E-state index is -1.03. The van der Waals surface area contributed by atoms with Crippen LogP contribution in [0.4, 0.5) is 5.69 Å². The Morgan fingerprint density at radius 1 is 1.15 bits per heavy atom. The number of likely N-dealkylation sites (N-methyl/N-ethyl adjacent to an activating group) is 1. The lowest BCUT2D eigenvalue weighted by Gasteiger charge is -2.17. The van der Waals surface area contributed by atoms with Crippen LogP contribution in [0.2, 0.25) is 0 Å². The molecule has 0 fully saturated rings. The summed E-state index contributed by atoms with van der Waals surface area (Å²) >= 11 is 10.5. The molecule has 1 atom stereocenters. The first-order valence-electron chi connectivity index (χ1n) is 10.5. The molecule has 3 aromatic rings. The Balaban J connectivity index is 1.91. The van der Waals surface area contributed by atoms with Crippen molar-refractivity contribution in [3.63, 3.8) is 0 Å². The largest absolute Gasteiger partial charge is 0.481 e. The van der Waals surface area contributed by atoms with Crippen LogP contribution in [0.3, 0.4) is 0 Å². The van der Waals surface area contributed by atoms with Crippen LogP contribution in [0.5, 0.6) is 0 Å². The van der Waals surface area contributed by atoms with Crippen LogP contribution >= 0.6 is 47.8 Å². The third-order valence-electron chi connectivity index (χ3n) is 6.00.